The number of rotatable bonds is 8. The van der Waals surface area contributed by atoms with Gasteiger partial charge in [0.25, 0.3) is 0 Å². The van der Waals surface area contributed by atoms with Gasteiger partial charge in [-0.25, -0.2) is 4.79 Å². The number of piperazine rings is 1. The van der Waals surface area contributed by atoms with Gasteiger partial charge in [0.2, 0.25) is 11.9 Å². The fourth-order valence-corrected chi connectivity index (χ4v) is 3.32. The number of halogens is 3. The van der Waals surface area contributed by atoms with Crippen LogP contribution in [0.2, 0.25) is 0 Å². The van der Waals surface area contributed by atoms with Crippen LogP contribution in [0.3, 0.4) is 0 Å². The fourth-order valence-electron chi connectivity index (χ4n) is 3.32. The smallest absolute Gasteiger partial charge is 0.422 e. The average molecular weight is 471 g/mol. The van der Waals surface area contributed by atoms with Gasteiger partial charge in [-0.2, -0.15) is 28.1 Å². The SMILES string of the molecule is CCN(CC)C(=O)N1CCN(c2nc(NCc3ccc(C)o3)nc(OCC(F)(F)F)n2)CC1. The van der Waals surface area contributed by atoms with Crippen LogP contribution in [0.15, 0.2) is 16.5 Å². The van der Waals surface area contributed by atoms with E-state index in [1.54, 1.807) is 33.8 Å². The fraction of sp³-hybridized carbons (Fsp3) is 0.600. The molecule has 2 amide bonds. The first kappa shape index (κ1) is 24.4. The number of nitrogens with zero attached hydrogens (tertiary/aromatic N) is 6. The second kappa shape index (κ2) is 10.6. The van der Waals surface area contributed by atoms with Crippen LogP contribution in [0.1, 0.15) is 25.4 Å². The topological polar surface area (TPSA) is 99.9 Å². The zero-order valence-electron chi connectivity index (χ0n) is 18.9. The van der Waals surface area contributed by atoms with Crippen LogP contribution in [-0.2, 0) is 6.54 Å². The Morgan fingerprint density at radius 3 is 2.42 bits per heavy atom. The number of aryl methyl sites for hydroxylation is 1. The third kappa shape index (κ3) is 6.86. The lowest BCUT2D eigenvalue weighted by Gasteiger charge is -2.37. The number of carbonyl (C=O) groups excluding carboxylic acids is 1. The molecule has 1 fully saturated rings. The van der Waals surface area contributed by atoms with E-state index in [-0.39, 0.29) is 24.5 Å². The van der Waals surface area contributed by atoms with Gasteiger partial charge in [0, 0.05) is 39.3 Å². The van der Waals surface area contributed by atoms with Crippen molar-refractivity contribution in [1.29, 1.82) is 0 Å². The van der Waals surface area contributed by atoms with Gasteiger partial charge in [-0.15, -0.1) is 0 Å². The number of alkyl halides is 3. The van der Waals surface area contributed by atoms with E-state index < -0.39 is 18.8 Å². The van der Waals surface area contributed by atoms with Crippen molar-refractivity contribution in [2.75, 3.05) is 56.1 Å². The summed E-state index contributed by atoms with van der Waals surface area (Å²) in [5, 5.41) is 2.93. The first-order valence-electron chi connectivity index (χ1n) is 10.7. The maximum absolute atomic E-state index is 12.6. The van der Waals surface area contributed by atoms with E-state index in [2.05, 4.69) is 20.3 Å². The van der Waals surface area contributed by atoms with E-state index in [0.717, 1.165) is 5.76 Å². The molecule has 13 heteroatoms. The number of nitrogens with one attached hydrogen (secondary N) is 1. The van der Waals surface area contributed by atoms with Crippen molar-refractivity contribution < 1.29 is 27.1 Å². The van der Waals surface area contributed by atoms with E-state index in [4.69, 9.17) is 9.15 Å². The number of anilines is 2. The number of hydrogen-bond donors (Lipinski definition) is 1. The molecule has 1 N–H and O–H groups in total. The molecule has 0 unspecified atom stereocenters. The van der Waals surface area contributed by atoms with Crippen LogP contribution in [0, 0.1) is 6.92 Å². The van der Waals surface area contributed by atoms with Crippen molar-refractivity contribution >= 4 is 17.9 Å². The van der Waals surface area contributed by atoms with E-state index in [0.29, 0.717) is 45.0 Å². The van der Waals surface area contributed by atoms with Crippen molar-refractivity contribution in [3.63, 3.8) is 0 Å². The average Bonchev–Trinajstić information content (AvgIpc) is 3.21. The van der Waals surface area contributed by atoms with Crippen molar-refractivity contribution in [1.82, 2.24) is 24.8 Å². The van der Waals surface area contributed by atoms with Crippen LogP contribution in [0.4, 0.5) is 29.9 Å². The third-order valence-electron chi connectivity index (χ3n) is 5.05. The number of carbonyl (C=O) groups is 1. The van der Waals surface area contributed by atoms with Crippen molar-refractivity contribution in [2.45, 2.75) is 33.5 Å². The van der Waals surface area contributed by atoms with E-state index in [1.807, 2.05) is 13.8 Å². The molecule has 10 nitrogen and oxygen atoms in total. The second-order valence-electron chi connectivity index (χ2n) is 7.44. The summed E-state index contributed by atoms with van der Waals surface area (Å²) in [7, 11) is 0. The molecule has 0 spiro atoms. The quantitative estimate of drug-likeness (QED) is 0.628. The lowest BCUT2D eigenvalue weighted by molar-refractivity contribution is -0.154. The number of aromatic nitrogens is 3. The Morgan fingerprint density at radius 1 is 1.15 bits per heavy atom. The predicted octanol–water partition coefficient (Wildman–Crippen LogP) is 2.91. The maximum atomic E-state index is 12.6. The van der Waals surface area contributed by atoms with Gasteiger partial charge >= 0.3 is 18.2 Å². The molecule has 0 aromatic carbocycles. The highest BCUT2D eigenvalue weighted by Crippen LogP contribution is 2.21. The minimum absolute atomic E-state index is 0.0411. The number of amides is 2. The molecule has 1 aliphatic rings. The maximum Gasteiger partial charge on any atom is 0.422 e. The molecule has 1 saturated heterocycles. The molecule has 0 radical (unpaired) electrons. The Labute approximate surface area is 189 Å². The number of ether oxygens (including phenoxy) is 1. The summed E-state index contributed by atoms with van der Waals surface area (Å²) in [5.74, 6) is 1.59. The molecule has 2 aromatic rings. The molecule has 182 valence electrons. The van der Waals surface area contributed by atoms with Gasteiger partial charge in [0.1, 0.15) is 11.5 Å². The van der Waals surface area contributed by atoms with Gasteiger partial charge in [-0.05, 0) is 32.9 Å². The summed E-state index contributed by atoms with van der Waals surface area (Å²) >= 11 is 0. The Bertz CT molecular complexity index is 926. The summed E-state index contributed by atoms with van der Waals surface area (Å²) in [6.45, 7) is 7.33. The first-order chi connectivity index (χ1) is 15.7. The van der Waals surface area contributed by atoms with Crippen molar-refractivity contribution in [2.24, 2.45) is 0 Å². The monoisotopic (exact) mass is 471 g/mol. The summed E-state index contributed by atoms with van der Waals surface area (Å²) < 4.78 is 48.2. The molecule has 33 heavy (non-hydrogen) atoms. The van der Waals surface area contributed by atoms with Crippen LogP contribution in [0.5, 0.6) is 6.01 Å². The first-order valence-corrected chi connectivity index (χ1v) is 10.7. The highest BCUT2D eigenvalue weighted by molar-refractivity contribution is 5.74. The second-order valence-corrected chi connectivity index (χ2v) is 7.44. The largest absolute Gasteiger partial charge is 0.465 e. The van der Waals surface area contributed by atoms with Gasteiger partial charge in [0.05, 0.1) is 6.54 Å². The van der Waals surface area contributed by atoms with Gasteiger partial charge in [-0.1, -0.05) is 0 Å². The lowest BCUT2D eigenvalue weighted by atomic mass is 10.3. The Balaban J connectivity index is 1.72. The molecular formula is C20H28F3N7O3. The Morgan fingerprint density at radius 2 is 1.85 bits per heavy atom. The molecule has 0 atom stereocenters. The van der Waals surface area contributed by atoms with Gasteiger partial charge in [0.15, 0.2) is 6.61 Å². The standard InChI is InChI=1S/C20H28F3N7O3/c1-4-28(5-2)19(31)30-10-8-29(9-11-30)17-25-16(24-12-15-7-6-14(3)33-15)26-18(27-17)32-13-20(21,22)23/h6-7H,4-5,8-13H2,1-3H3,(H,24,25,26,27). The summed E-state index contributed by atoms with van der Waals surface area (Å²) in [5.41, 5.74) is 0. The highest BCUT2D eigenvalue weighted by atomic mass is 19.4. The summed E-state index contributed by atoms with van der Waals surface area (Å²) in [6.07, 6.45) is -4.53. The molecule has 2 aromatic heterocycles. The predicted molar refractivity (Wildman–Crippen MR) is 114 cm³/mol. The Hall–Kier alpha value is -3.25. The van der Waals surface area contributed by atoms with E-state index in [1.165, 1.54) is 0 Å². The highest BCUT2D eigenvalue weighted by Gasteiger charge is 2.30. The van der Waals surface area contributed by atoms with Gasteiger partial charge in [-0.3, -0.25) is 0 Å². The van der Waals surface area contributed by atoms with Gasteiger partial charge < -0.3 is 29.2 Å². The molecule has 3 heterocycles. The van der Waals surface area contributed by atoms with E-state index >= 15 is 0 Å². The van der Waals surface area contributed by atoms with E-state index in [9.17, 15) is 18.0 Å². The number of hydrogen-bond acceptors (Lipinski definition) is 8. The number of urea groups is 1. The lowest BCUT2D eigenvalue weighted by Crippen LogP contribution is -2.53. The number of furan rings is 1. The minimum atomic E-state index is -4.53. The summed E-state index contributed by atoms with van der Waals surface area (Å²) in [6, 6.07) is 3.10. The van der Waals surface area contributed by atoms with Crippen LogP contribution >= 0.6 is 0 Å². The Kier molecular flexibility index (Phi) is 7.82. The molecular weight excluding hydrogens is 443 g/mol. The van der Waals surface area contributed by atoms with Crippen molar-refractivity contribution in [3.05, 3.63) is 23.7 Å². The molecule has 0 bridgehead atoms. The summed E-state index contributed by atoms with van der Waals surface area (Å²) in [4.78, 5) is 30.2. The van der Waals surface area contributed by atoms with Crippen molar-refractivity contribution in [3.8, 4) is 6.01 Å². The zero-order valence-corrected chi connectivity index (χ0v) is 18.9. The molecule has 3 rings (SSSR count). The van der Waals surface area contributed by atoms with Crippen LogP contribution in [-0.4, -0.2) is 82.8 Å². The third-order valence-corrected chi connectivity index (χ3v) is 5.05. The zero-order chi connectivity index (χ0) is 24.0. The van der Waals surface area contributed by atoms with Crippen LogP contribution in [0.25, 0.3) is 0 Å². The molecule has 1 aliphatic heterocycles. The minimum Gasteiger partial charge on any atom is -0.465 e. The molecule has 0 saturated carbocycles. The van der Waals surface area contributed by atoms with Crippen LogP contribution < -0.4 is 15.0 Å². The normalized spacial score (nSPS) is 14.4. The molecule has 0 aliphatic carbocycles.